The first-order valence-corrected chi connectivity index (χ1v) is 8.98. The lowest BCUT2D eigenvalue weighted by Gasteiger charge is -2.34. The molecule has 3 fully saturated rings. The van der Waals surface area contributed by atoms with Crippen molar-refractivity contribution in [1.82, 2.24) is 10.2 Å². The van der Waals surface area contributed by atoms with Gasteiger partial charge in [-0.15, -0.1) is 0 Å². The second kappa shape index (κ2) is 6.29. The molecule has 0 radical (unpaired) electrons. The Morgan fingerprint density at radius 2 is 1.73 bits per heavy atom. The van der Waals surface area contributed by atoms with Gasteiger partial charge in [0, 0.05) is 6.54 Å². The maximum atomic E-state index is 13.0. The van der Waals surface area contributed by atoms with Gasteiger partial charge >= 0.3 is 0 Å². The molecule has 22 heavy (non-hydrogen) atoms. The van der Waals surface area contributed by atoms with Crippen LogP contribution < -0.4 is 5.32 Å². The van der Waals surface area contributed by atoms with Crippen molar-refractivity contribution in [2.45, 2.75) is 31.6 Å². The summed E-state index contributed by atoms with van der Waals surface area (Å²) in [6.07, 6.45) is 5.38. The zero-order valence-electron chi connectivity index (χ0n) is 13.3. The molecule has 0 aromatic heterocycles. The highest BCUT2D eigenvalue weighted by Crippen LogP contribution is 2.42. The van der Waals surface area contributed by atoms with E-state index < -0.39 is 0 Å². The molecule has 1 aliphatic carbocycles. The average molecular weight is 302 g/mol. The summed E-state index contributed by atoms with van der Waals surface area (Å²) in [5, 5.41) is 3.61. The fourth-order valence-electron chi connectivity index (χ4n) is 4.54. The van der Waals surface area contributed by atoms with Crippen LogP contribution >= 0.6 is 0 Å². The van der Waals surface area contributed by atoms with Gasteiger partial charge in [0.15, 0.2) is 0 Å². The lowest BCUT2D eigenvalue weighted by molar-refractivity contribution is 0.167. The smallest absolute Gasteiger partial charge is 0.123 e. The molecule has 2 heterocycles. The van der Waals surface area contributed by atoms with Crippen LogP contribution in [0.15, 0.2) is 24.3 Å². The number of rotatable bonds is 4. The van der Waals surface area contributed by atoms with Gasteiger partial charge in [-0.2, -0.15) is 0 Å². The maximum absolute atomic E-state index is 13.0. The minimum absolute atomic E-state index is 0.124. The van der Waals surface area contributed by atoms with Crippen LogP contribution in [-0.4, -0.2) is 37.6 Å². The van der Waals surface area contributed by atoms with Crippen LogP contribution in [0.3, 0.4) is 0 Å². The summed E-state index contributed by atoms with van der Waals surface area (Å²) in [7, 11) is 0. The number of likely N-dealkylation sites (tertiary alicyclic amines) is 1. The van der Waals surface area contributed by atoms with Crippen molar-refractivity contribution in [3.8, 4) is 0 Å². The summed E-state index contributed by atoms with van der Waals surface area (Å²) in [5.41, 5.74) is 1.32. The van der Waals surface area contributed by atoms with E-state index in [1.54, 1.807) is 12.1 Å². The first-order chi connectivity index (χ1) is 10.8. The number of hydrogen-bond donors (Lipinski definition) is 1. The molecule has 2 saturated heterocycles. The zero-order valence-corrected chi connectivity index (χ0v) is 13.3. The van der Waals surface area contributed by atoms with Gasteiger partial charge in [-0.1, -0.05) is 12.1 Å². The van der Waals surface area contributed by atoms with E-state index in [1.807, 2.05) is 12.1 Å². The Bertz CT molecular complexity index is 489. The number of nitrogens with one attached hydrogen (secondary N) is 1. The number of benzene rings is 1. The average Bonchev–Trinajstić information content (AvgIpc) is 3.29. The topological polar surface area (TPSA) is 15.3 Å². The number of nitrogens with zero attached hydrogens (tertiary/aromatic N) is 1. The van der Waals surface area contributed by atoms with Crippen LogP contribution in [0.5, 0.6) is 0 Å². The molecule has 3 heteroatoms. The van der Waals surface area contributed by atoms with Gasteiger partial charge in [-0.3, -0.25) is 0 Å². The van der Waals surface area contributed by atoms with Crippen LogP contribution in [0, 0.1) is 23.6 Å². The Morgan fingerprint density at radius 3 is 2.41 bits per heavy atom. The summed E-state index contributed by atoms with van der Waals surface area (Å²) in [4.78, 5) is 2.67. The van der Waals surface area contributed by atoms with Gasteiger partial charge in [-0.05, 0) is 93.2 Å². The minimum atomic E-state index is -0.124. The molecule has 0 bridgehead atoms. The van der Waals surface area contributed by atoms with Crippen molar-refractivity contribution in [2.75, 3.05) is 32.7 Å². The lowest BCUT2D eigenvalue weighted by Crippen LogP contribution is -2.38. The van der Waals surface area contributed by atoms with E-state index in [4.69, 9.17) is 0 Å². The zero-order chi connectivity index (χ0) is 14.9. The Kier molecular flexibility index (Phi) is 4.19. The van der Waals surface area contributed by atoms with Gasteiger partial charge in [0.05, 0.1) is 0 Å². The molecule has 3 aliphatic rings. The molecule has 1 aromatic carbocycles. The van der Waals surface area contributed by atoms with E-state index in [9.17, 15) is 4.39 Å². The van der Waals surface area contributed by atoms with Crippen molar-refractivity contribution in [1.29, 1.82) is 0 Å². The lowest BCUT2D eigenvalue weighted by atomic mass is 9.87. The van der Waals surface area contributed by atoms with Crippen LogP contribution in [0.1, 0.15) is 37.2 Å². The quantitative estimate of drug-likeness (QED) is 0.918. The van der Waals surface area contributed by atoms with Crippen LogP contribution in [0.4, 0.5) is 4.39 Å². The molecule has 1 saturated carbocycles. The third-order valence-electron chi connectivity index (χ3n) is 6.04. The molecule has 1 N–H and O–H groups in total. The first-order valence-electron chi connectivity index (χ1n) is 8.98. The van der Waals surface area contributed by atoms with E-state index in [-0.39, 0.29) is 5.82 Å². The molecule has 2 nitrogen and oxygen atoms in total. The summed E-state index contributed by atoms with van der Waals surface area (Å²) in [5.74, 6) is 3.33. The van der Waals surface area contributed by atoms with Gasteiger partial charge in [0.1, 0.15) is 5.82 Å². The van der Waals surface area contributed by atoms with Gasteiger partial charge in [-0.25, -0.2) is 4.39 Å². The highest BCUT2D eigenvalue weighted by atomic mass is 19.1. The second-order valence-electron chi connectivity index (χ2n) is 7.55. The number of piperidine rings is 1. The second-order valence-corrected chi connectivity index (χ2v) is 7.55. The Morgan fingerprint density at radius 1 is 1.00 bits per heavy atom. The SMILES string of the molecule is Fc1ccc(C2CCN(C[C@@H]3CNC[C@H]3C3CC3)CC2)cc1. The molecule has 4 rings (SSSR count). The first kappa shape index (κ1) is 14.6. The summed E-state index contributed by atoms with van der Waals surface area (Å²) in [6, 6.07) is 7.15. The summed E-state index contributed by atoms with van der Waals surface area (Å²) < 4.78 is 13.0. The molecule has 2 aliphatic heterocycles. The number of halogens is 1. The Balaban J connectivity index is 1.29. The van der Waals surface area contributed by atoms with E-state index in [1.165, 1.54) is 64.0 Å². The third-order valence-corrected chi connectivity index (χ3v) is 6.04. The highest BCUT2D eigenvalue weighted by Gasteiger charge is 2.39. The fraction of sp³-hybridized carbons (Fsp3) is 0.684. The van der Waals surface area contributed by atoms with Gasteiger partial charge in [0.25, 0.3) is 0 Å². The van der Waals surface area contributed by atoms with Crippen LogP contribution in [0.25, 0.3) is 0 Å². The molecule has 2 atom stereocenters. The third kappa shape index (κ3) is 3.21. The highest BCUT2D eigenvalue weighted by molar-refractivity contribution is 5.21. The van der Waals surface area contributed by atoms with Gasteiger partial charge < -0.3 is 10.2 Å². The summed E-state index contributed by atoms with van der Waals surface area (Å²) >= 11 is 0. The molecule has 1 aromatic rings. The van der Waals surface area contributed by atoms with E-state index in [0.717, 1.165) is 17.8 Å². The monoisotopic (exact) mass is 302 g/mol. The molecule has 0 amide bonds. The van der Waals surface area contributed by atoms with E-state index in [2.05, 4.69) is 10.2 Å². The largest absolute Gasteiger partial charge is 0.316 e. The molecular weight excluding hydrogens is 275 g/mol. The molecule has 0 spiro atoms. The standard InChI is InChI=1S/C19H27FN2/c20-18-5-3-14(4-6-18)15-7-9-22(10-8-15)13-17-11-21-12-19(17)16-1-2-16/h3-6,15-17,19,21H,1-2,7-13H2/t17-,19-/m0/s1. The summed E-state index contributed by atoms with van der Waals surface area (Å²) in [6.45, 7) is 6.16. The molecular formula is C19H27FN2. The van der Waals surface area contributed by atoms with Crippen LogP contribution in [0.2, 0.25) is 0 Å². The normalized spacial score (nSPS) is 30.8. The van der Waals surface area contributed by atoms with Crippen LogP contribution in [-0.2, 0) is 0 Å². The Hall–Kier alpha value is -0.930. The van der Waals surface area contributed by atoms with Crippen molar-refractivity contribution < 1.29 is 4.39 Å². The predicted octanol–water partition coefficient (Wildman–Crippen LogP) is 3.25. The molecule has 120 valence electrons. The number of hydrogen-bond acceptors (Lipinski definition) is 2. The predicted molar refractivity (Wildman–Crippen MR) is 87.4 cm³/mol. The maximum Gasteiger partial charge on any atom is 0.123 e. The fourth-order valence-corrected chi connectivity index (χ4v) is 4.54. The van der Waals surface area contributed by atoms with Crippen molar-refractivity contribution in [3.05, 3.63) is 35.6 Å². The molecule has 0 unspecified atom stereocenters. The van der Waals surface area contributed by atoms with Crippen molar-refractivity contribution in [2.24, 2.45) is 17.8 Å². The Labute approximate surface area is 133 Å². The van der Waals surface area contributed by atoms with Gasteiger partial charge in [0.2, 0.25) is 0 Å². The van der Waals surface area contributed by atoms with Crippen molar-refractivity contribution >= 4 is 0 Å². The minimum Gasteiger partial charge on any atom is -0.316 e. The van der Waals surface area contributed by atoms with Crippen molar-refractivity contribution in [3.63, 3.8) is 0 Å². The van der Waals surface area contributed by atoms with E-state index >= 15 is 0 Å². The van der Waals surface area contributed by atoms with E-state index in [0.29, 0.717) is 5.92 Å².